The van der Waals surface area contributed by atoms with Gasteiger partial charge >= 0.3 is 5.97 Å². The van der Waals surface area contributed by atoms with Crippen LogP contribution in [0.5, 0.6) is 0 Å². The highest BCUT2D eigenvalue weighted by atomic mass is 16.4. The standard InChI is InChI=1S/C17H21N5O3/c1-20-7-2-4-17(16(24)25)5-9-21(11-13(17)20)15(23)12-10-14-18-6-3-8-22(14)19-12/h3,6,8,10,13H,2,4-5,7,9,11H2,1H3,(H,24,25)/t13-,17+/m1/s1. The quantitative estimate of drug-likeness (QED) is 0.865. The van der Waals surface area contributed by atoms with E-state index in [2.05, 4.69) is 15.0 Å². The molecule has 0 radical (unpaired) electrons. The number of hydrogen-bond acceptors (Lipinski definition) is 5. The second-order valence-corrected chi connectivity index (χ2v) is 7.01. The highest BCUT2D eigenvalue weighted by Crippen LogP contribution is 2.42. The van der Waals surface area contributed by atoms with E-state index in [1.165, 1.54) is 0 Å². The van der Waals surface area contributed by atoms with E-state index in [1.54, 1.807) is 33.9 Å². The van der Waals surface area contributed by atoms with Crippen LogP contribution in [-0.4, -0.2) is 74.1 Å². The van der Waals surface area contributed by atoms with Crippen LogP contribution in [0.3, 0.4) is 0 Å². The van der Waals surface area contributed by atoms with Gasteiger partial charge in [-0.15, -0.1) is 0 Å². The number of carbonyl (C=O) groups is 2. The maximum Gasteiger partial charge on any atom is 0.311 e. The third-order valence-electron chi connectivity index (χ3n) is 5.69. The first-order chi connectivity index (χ1) is 12.0. The second kappa shape index (κ2) is 5.80. The minimum atomic E-state index is -0.746. The molecular weight excluding hydrogens is 322 g/mol. The SMILES string of the molecule is CN1CCC[C@]2(C(=O)O)CCN(C(=O)c3cc4ncccn4n3)C[C@@H]12. The third-order valence-corrected chi connectivity index (χ3v) is 5.69. The van der Waals surface area contributed by atoms with Crippen LogP contribution in [0.1, 0.15) is 29.8 Å². The van der Waals surface area contributed by atoms with E-state index in [0.717, 1.165) is 13.0 Å². The summed E-state index contributed by atoms with van der Waals surface area (Å²) in [7, 11) is 1.95. The van der Waals surface area contributed by atoms with Crippen molar-refractivity contribution in [1.29, 1.82) is 0 Å². The monoisotopic (exact) mass is 343 g/mol. The molecule has 0 saturated carbocycles. The predicted molar refractivity (Wildman–Crippen MR) is 89.2 cm³/mol. The molecule has 0 spiro atoms. The van der Waals surface area contributed by atoms with Crippen LogP contribution in [0.2, 0.25) is 0 Å². The number of aliphatic carboxylic acids is 1. The topological polar surface area (TPSA) is 91.0 Å². The molecule has 2 saturated heterocycles. The summed E-state index contributed by atoms with van der Waals surface area (Å²) in [6.45, 7) is 1.72. The van der Waals surface area contributed by atoms with E-state index >= 15 is 0 Å². The molecule has 8 nitrogen and oxygen atoms in total. The molecule has 2 aromatic heterocycles. The normalized spacial score (nSPS) is 27.2. The van der Waals surface area contributed by atoms with Gasteiger partial charge in [-0.05, 0) is 38.9 Å². The first kappa shape index (κ1) is 16.0. The van der Waals surface area contributed by atoms with Crippen molar-refractivity contribution in [3.05, 3.63) is 30.2 Å². The summed E-state index contributed by atoms with van der Waals surface area (Å²) in [5.41, 5.74) is 0.224. The van der Waals surface area contributed by atoms with E-state index in [-0.39, 0.29) is 11.9 Å². The van der Waals surface area contributed by atoms with Crippen LogP contribution in [0.4, 0.5) is 0 Å². The number of aromatic nitrogens is 3. The van der Waals surface area contributed by atoms with Gasteiger partial charge in [-0.3, -0.25) is 9.59 Å². The van der Waals surface area contributed by atoms with Crippen molar-refractivity contribution in [1.82, 2.24) is 24.4 Å². The van der Waals surface area contributed by atoms with Crippen molar-refractivity contribution in [2.75, 3.05) is 26.7 Å². The molecule has 0 unspecified atom stereocenters. The van der Waals surface area contributed by atoms with Gasteiger partial charge in [0, 0.05) is 37.6 Å². The van der Waals surface area contributed by atoms with Gasteiger partial charge in [0.1, 0.15) is 0 Å². The Hall–Kier alpha value is -2.48. The largest absolute Gasteiger partial charge is 0.481 e. The van der Waals surface area contributed by atoms with Crippen LogP contribution in [0, 0.1) is 5.41 Å². The molecule has 4 heterocycles. The number of carbonyl (C=O) groups excluding carboxylic acids is 1. The van der Waals surface area contributed by atoms with Gasteiger partial charge in [0.25, 0.3) is 5.91 Å². The van der Waals surface area contributed by atoms with Gasteiger partial charge in [0.05, 0.1) is 5.41 Å². The zero-order valence-electron chi connectivity index (χ0n) is 14.1. The number of amides is 1. The summed E-state index contributed by atoms with van der Waals surface area (Å²) < 4.78 is 1.57. The first-order valence-corrected chi connectivity index (χ1v) is 8.54. The van der Waals surface area contributed by atoms with Gasteiger partial charge in [0.15, 0.2) is 11.3 Å². The van der Waals surface area contributed by atoms with Crippen molar-refractivity contribution in [3.8, 4) is 0 Å². The molecule has 1 N–H and O–H groups in total. The summed E-state index contributed by atoms with van der Waals surface area (Å²) in [4.78, 5) is 32.8. The van der Waals surface area contributed by atoms with Crippen LogP contribution >= 0.6 is 0 Å². The number of hydrogen-bond donors (Lipinski definition) is 1. The Kier molecular flexibility index (Phi) is 3.72. The molecule has 0 aromatic carbocycles. The lowest BCUT2D eigenvalue weighted by molar-refractivity contribution is -0.161. The van der Waals surface area contributed by atoms with E-state index in [4.69, 9.17) is 0 Å². The van der Waals surface area contributed by atoms with Crippen LogP contribution in [-0.2, 0) is 4.79 Å². The number of carboxylic acids is 1. The Bertz CT molecular complexity index is 802. The third kappa shape index (κ3) is 2.48. The number of likely N-dealkylation sites (tertiary alicyclic amines) is 2. The number of nitrogens with zero attached hydrogens (tertiary/aromatic N) is 5. The average molecular weight is 343 g/mol. The zero-order valence-corrected chi connectivity index (χ0v) is 14.1. The fraction of sp³-hybridized carbons (Fsp3) is 0.529. The number of fused-ring (bicyclic) bond motifs is 2. The molecule has 2 aliphatic heterocycles. The Morgan fingerprint density at radius 1 is 1.32 bits per heavy atom. The number of rotatable bonds is 2. The van der Waals surface area contributed by atoms with E-state index in [9.17, 15) is 14.7 Å². The molecule has 8 heteroatoms. The zero-order chi connectivity index (χ0) is 17.6. The molecule has 132 valence electrons. The van der Waals surface area contributed by atoms with E-state index in [1.807, 2.05) is 7.05 Å². The lowest BCUT2D eigenvalue weighted by Crippen LogP contribution is -2.63. The van der Waals surface area contributed by atoms with Crippen molar-refractivity contribution >= 4 is 17.5 Å². The highest BCUT2D eigenvalue weighted by Gasteiger charge is 2.52. The minimum absolute atomic E-state index is 0.161. The van der Waals surface area contributed by atoms with E-state index in [0.29, 0.717) is 37.3 Å². The summed E-state index contributed by atoms with van der Waals surface area (Å²) in [6, 6.07) is 3.27. The van der Waals surface area contributed by atoms with Crippen molar-refractivity contribution < 1.29 is 14.7 Å². The van der Waals surface area contributed by atoms with Crippen molar-refractivity contribution in [2.45, 2.75) is 25.3 Å². The Labute approximate surface area is 145 Å². The second-order valence-electron chi connectivity index (χ2n) is 7.01. The lowest BCUT2D eigenvalue weighted by Gasteiger charge is -2.51. The van der Waals surface area contributed by atoms with Gasteiger partial charge in [-0.2, -0.15) is 5.10 Å². The summed E-state index contributed by atoms with van der Waals surface area (Å²) in [5, 5.41) is 14.1. The molecule has 2 aromatic rings. The predicted octanol–water partition coefficient (Wildman–Crippen LogP) is 0.740. The minimum Gasteiger partial charge on any atom is -0.481 e. The molecule has 2 aliphatic rings. The molecule has 2 atom stereocenters. The van der Waals surface area contributed by atoms with Gasteiger partial charge in [0.2, 0.25) is 0 Å². The van der Waals surface area contributed by atoms with E-state index < -0.39 is 11.4 Å². The highest BCUT2D eigenvalue weighted by molar-refractivity contribution is 5.93. The molecule has 0 bridgehead atoms. The van der Waals surface area contributed by atoms with Gasteiger partial charge in [-0.25, -0.2) is 9.50 Å². The van der Waals surface area contributed by atoms with Crippen molar-refractivity contribution in [2.24, 2.45) is 5.41 Å². The molecule has 0 aliphatic carbocycles. The Morgan fingerprint density at radius 2 is 2.16 bits per heavy atom. The first-order valence-electron chi connectivity index (χ1n) is 8.54. The molecule has 25 heavy (non-hydrogen) atoms. The fourth-order valence-corrected chi connectivity index (χ4v) is 4.27. The maximum absolute atomic E-state index is 12.9. The van der Waals surface area contributed by atoms with Crippen LogP contribution < -0.4 is 0 Å². The van der Waals surface area contributed by atoms with Crippen molar-refractivity contribution in [3.63, 3.8) is 0 Å². The summed E-state index contributed by atoms with van der Waals surface area (Å²) >= 11 is 0. The van der Waals surface area contributed by atoms with Gasteiger partial charge < -0.3 is 14.9 Å². The number of piperidine rings is 2. The average Bonchev–Trinajstić information content (AvgIpc) is 3.05. The molecule has 1 amide bonds. The number of likely N-dealkylation sites (N-methyl/N-ethyl adjacent to an activating group) is 1. The fourth-order valence-electron chi connectivity index (χ4n) is 4.27. The summed E-state index contributed by atoms with van der Waals surface area (Å²) in [6.07, 6.45) is 5.45. The Balaban J connectivity index is 1.60. The molecular formula is C17H21N5O3. The Morgan fingerprint density at radius 3 is 2.92 bits per heavy atom. The van der Waals surface area contributed by atoms with Gasteiger partial charge in [-0.1, -0.05) is 0 Å². The molecule has 2 fully saturated rings. The summed E-state index contributed by atoms with van der Waals surface area (Å²) in [5.74, 6) is -0.906. The lowest BCUT2D eigenvalue weighted by atomic mass is 9.68. The smallest absolute Gasteiger partial charge is 0.311 e. The van der Waals surface area contributed by atoms with Crippen LogP contribution in [0.25, 0.3) is 5.65 Å². The number of carboxylic acid groups (broad SMARTS) is 1. The maximum atomic E-state index is 12.9. The van der Waals surface area contributed by atoms with Crippen LogP contribution in [0.15, 0.2) is 24.5 Å². The molecule has 4 rings (SSSR count).